The zero-order valence-electron chi connectivity index (χ0n) is 23.3. The topological polar surface area (TPSA) is 164 Å². The molecule has 11 heteroatoms. The standard InChI is InChI=1S/C29H39N5O6/c1-28(2,3)40-27(38)29(39)23(15-17-34(29)25(36)14-9-12-20-10-5-4-6-11-20)33-26(37)22(18-24(30)35)32-19-21-13-7-8-16-31-21/h4-8,10-11,13,16,22-23,32,39H,9,12,14-15,17-19H2,1-3H3,(H2,30,35)(H,33,37)/t22-,23-,29-/m0/s1. The molecule has 1 fully saturated rings. The Balaban J connectivity index is 1.75. The highest BCUT2D eigenvalue weighted by molar-refractivity contribution is 5.91. The van der Waals surface area contributed by atoms with Crippen LogP contribution in [0, 0.1) is 0 Å². The van der Waals surface area contributed by atoms with Crippen LogP contribution in [0.3, 0.4) is 0 Å². The number of ether oxygens (including phenoxy) is 1. The zero-order valence-corrected chi connectivity index (χ0v) is 23.3. The zero-order chi connectivity index (χ0) is 29.3. The van der Waals surface area contributed by atoms with Crippen molar-refractivity contribution < 1.29 is 29.0 Å². The summed E-state index contributed by atoms with van der Waals surface area (Å²) in [5.74, 6) is -2.83. The molecule has 0 radical (unpaired) electrons. The summed E-state index contributed by atoms with van der Waals surface area (Å²) < 4.78 is 5.49. The summed E-state index contributed by atoms with van der Waals surface area (Å²) in [5.41, 5.74) is 3.71. The van der Waals surface area contributed by atoms with Gasteiger partial charge in [0.15, 0.2) is 0 Å². The predicted octanol–water partition coefficient (Wildman–Crippen LogP) is 1.19. The largest absolute Gasteiger partial charge is 0.456 e. The first-order valence-electron chi connectivity index (χ1n) is 13.4. The lowest BCUT2D eigenvalue weighted by atomic mass is 10.0. The van der Waals surface area contributed by atoms with E-state index in [1.807, 2.05) is 30.3 Å². The molecule has 1 saturated heterocycles. The van der Waals surface area contributed by atoms with Crippen molar-refractivity contribution in [2.24, 2.45) is 5.73 Å². The van der Waals surface area contributed by atoms with Gasteiger partial charge in [-0.25, -0.2) is 4.79 Å². The number of likely N-dealkylation sites (tertiary alicyclic amines) is 1. The minimum Gasteiger partial charge on any atom is -0.456 e. The van der Waals surface area contributed by atoms with Crippen LogP contribution in [0.2, 0.25) is 0 Å². The van der Waals surface area contributed by atoms with Crippen molar-refractivity contribution in [1.82, 2.24) is 20.5 Å². The van der Waals surface area contributed by atoms with E-state index in [9.17, 15) is 24.3 Å². The summed E-state index contributed by atoms with van der Waals surface area (Å²) in [6, 6.07) is 12.8. The molecule has 2 aromatic rings. The van der Waals surface area contributed by atoms with Crippen molar-refractivity contribution in [3.63, 3.8) is 0 Å². The lowest BCUT2D eigenvalue weighted by Crippen LogP contribution is -2.65. The minimum absolute atomic E-state index is 0.0344. The third-order valence-electron chi connectivity index (χ3n) is 6.53. The second-order valence-corrected chi connectivity index (χ2v) is 10.9. The lowest BCUT2D eigenvalue weighted by molar-refractivity contribution is -0.200. The van der Waals surface area contributed by atoms with E-state index >= 15 is 0 Å². The van der Waals surface area contributed by atoms with Gasteiger partial charge in [0.2, 0.25) is 17.7 Å². The molecular formula is C29H39N5O6. The Labute approximate surface area is 234 Å². The normalized spacial score (nSPS) is 19.6. The molecule has 0 unspecified atom stereocenters. The fourth-order valence-corrected chi connectivity index (χ4v) is 4.60. The number of primary amides is 1. The first-order chi connectivity index (χ1) is 18.9. The molecule has 2 heterocycles. The average molecular weight is 554 g/mol. The van der Waals surface area contributed by atoms with Gasteiger partial charge in [-0.3, -0.25) is 24.7 Å². The van der Waals surface area contributed by atoms with Crippen LogP contribution in [0.15, 0.2) is 54.7 Å². The van der Waals surface area contributed by atoms with Crippen molar-refractivity contribution in [2.45, 2.75) is 82.8 Å². The number of nitrogens with zero attached hydrogens (tertiary/aromatic N) is 2. The van der Waals surface area contributed by atoms with E-state index in [1.54, 1.807) is 45.2 Å². The van der Waals surface area contributed by atoms with E-state index in [2.05, 4.69) is 15.6 Å². The van der Waals surface area contributed by atoms with Gasteiger partial charge < -0.3 is 25.8 Å². The van der Waals surface area contributed by atoms with Crippen molar-refractivity contribution in [3.8, 4) is 0 Å². The number of hydrogen-bond acceptors (Lipinski definition) is 8. The molecule has 0 spiro atoms. The number of hydrogen-bond donors (Lipinski definition) is 4. The van der Waals surface area contributed by atoms with E-state index in [-0.39, 0.29) is 32.4 Å². The molecule has 0 aliphatic carbocycles. The van der Waals surface area contributed by atoms with Crippen LogP contribution in [-0.4, -0.2) is 68.6 Å². The van der Waals surface area contributed by atoms with E-state index in [4.69, 9.17) is 10.5 Å². The van der Waals surface area contributed by atoms with Crippen molar-refractivity contribution in [3.05, 3.63) is 66.0 Å². The first-order valence-corrected chi connectivity index (χ1v) is 13.4. The third-order valence-corrected chi connectivity index (χ3v) is 6.53. The van der Waals surface area contributed by atoms with Crippen LogP contribution in [0.1, 0.15) is 57.7 Å². The smallest absolute Gasteiger partial charge is 0.362 e. The summed E-state index contributed by atoms with van der Waals surface area (Å²) >= 11 is 0. The average Bonchev–Trinajstić information content (AvgIpc) is 3.23. The highest BCUT2D eigenvalue weighted by atomic mass is 16.6. The summed E-state index contributed by atoms with van der Waals surface area (Å²) in [6.45, 7) is 5.15. The van der Waals surface area contributed by atoms with Gasteiger partial charge in [-0.2, -0.15) is 0 Å². The van der Waals surface area contributed by atoms with Gasteiger partial charge in [0.1, 0.15) is 5.60 Å². The van der Waals surface area contributed by atoms with Crippen LogP contribution in [0.4, 0.5) is 0 Å². The number of esters is 1. The molecule has 1 aromatic carbocycles. The quantitative estimate of drug-likeness (QED) is 0.285. The molecule has 0 saturated carbocycles. The van der Waals surface area contributed by atoms with Gasteiger partial charge >= 0.3 is 5.97 Å². The van der Waals surface area contributed by atoms with Crippen LogP contribution in [0.5, 0.6) is 0 Å². The molecule has 216 valence electrons. The number of aromatic nitrogens is 1. The molecule has 3 amide bonds. The Hall–Kier alpha value is -3.83. The molecule has 1 aliphatic rings. The highest BCUT2D eigenvalue weighted by Gasteiger charge is 2.58. The second kappa shape index (κ2) is 13.5. The summed E-state index contributed by atoms with van der Waals surface area (Å²) in [7, 11) is 0. The molecule has 0 bridgehead atoms. The van der Waals surface area contributed by atoms with Gasteiger partial charge in [0.25, 0.3) is 5.72 Å². The Bertz CT molecular complexity index is 1170. The van der Waals surface area contributed by atoms with E-state index in [0.717, 1.165) is 10.5 Å². The maximum atomic E-state index is 13.3. The Morgan fingerprint density at radius 1 is 1.15 bits per heavy atom. The number of nitrogens with two attached hydrogens (primary N) is 1. The molecule has 3 atom stereocenters. The fraction of sp³-hybridized carbons (Fsp3) is 0.483. The van der Waals surface area contributed by atoms with Crippen LogP contribution in [0.25, 0.3) is 0 Å². The lowest BCUT2D eigenvalue weighted by Gasteiger charge is -2.37. The number of carbonyl (C=O) groups is 4. The SMILES string of the molecule is CC(C)(C)OC(=O)[C@@]1(O)[C@@H](NC(=O)[C@H](CC(N)=O)NCc2ccccn2)CCN1C(=O)CCCc1ccccc1. The van der Waals surface area contributed by atoms with E-state index in [0.29, 0.717) is 18.5 Å². The summed E-state index contributed by atoms with van der Waals surface area (Å²) in [6.07, 6.45) is 2.65. The molecule has 5 N–H and O–H groups in total. The number of benzene rings is 1. The number of pyridine rings is 1. The maximum Gasteiger partial charge on any atom is 0.362 e. The molecule has 11 nitrogen and oxygen atoms in total. The van der Waals surface area contributed by atoms with Crippen LogP contribution >= 0.6 is 0 Å². The number of rotatable bonds is 12. The number of amides is 3. The van der Waals surface area contributed by atoms with Gasteiger partial charge in [-0.15, -0.1) is 0 Å². The van der Waals surface area contributed by atoms with Crippen molar-refractivity contribution in [2.75, 3.05) is 6.54 Å². The van der Waals surface area contributed by atoms with Gasteiger partial charge in [-0.05, 0) is 57.7 Å². The second-order valence-electron chi connectivity index (χ2n) is 10.9. The maximum absolute atomic E-state index is 13.3. The summed E-state index contributed by atoms with van der Waals surface area (Å²) in [5, 5.41) is 17.4. The van der Waals surface area contributed by atoms with Crippen LogP contribution < -0.4 is 16.4 Å². The molecule has 1 aliphatic heterocycles. The number of aliphatic hydroxyl groups is 1. The summed E-state index contributed by atoms with van der Waals surface area (Å²) in [4.78, 5) is 56.9. The van der Waals surface area contributed by atoms with Crippen molar-refractivity contribution in [1.29, 1.82) is 0 Å². The Morgan fingerprint density at radius 2 is 1.85 bits per heavy atom. The molecular weight excluding hydrogens is 514 g/mol. The van der Waals surface area contributed by atoms with E-state index in [1.165, 1.54) is 0 Å². The van der Waals surface area contributed by atoms with Gasteiger partial charge in [0.05, 0.1) is 24.2 Å². The number of nitrogens with one attached hydrogen (secondary N) is 2. The molecule has 3 rings (SSSR count). The highest BCUT2D eigenvalue weighted by Crippen LogP contribution is 2.31. The first kappa shape index (κ1) is 30.7. The predicted molar refractivity (Wildman–Crippen MR) is 147 cm³/mol. The van der Waals surface area contributed by atoms with Gasteiger partial charge in [-0.1, -0.05) is 36.4 Å². The minimum atomic E-state index is -2.43. The fourth-order valence-electron chi connectivity index (χ4n) is 4.60. The Morgan fingerprint density at radius 3 is 2.48 bits per heavy atom. The molecule has 1 aromatic heterocycles. The molecule has 40 heavy (non-hydrogen) atoms. The van der Waals surface area contributed by atoms with E-state index < -0.39 is 47.1 Å². The van der Waals surface area contributed by atoms with Crippen LogP contribution in [-0.2, 0) is 36.9 Å². The Kier molecular flexibility index (Phi) is 10.4. The third kappa shape index (κ3) is 8.33. The number of aryl methyl sites for hydroxylation is 1. The van der Waals surface area contributed by atoms with Gasteiger partial charge in [0, 0.05) is 25.7 Å². The van der Waals surface area contributed by atoms with Crippen molar-refractivity contribution >= 4 is 23.7 Å². The monoisotopic (exact) mass is 553 g/mol. The number of carbonyl (C=O) groups excluding carboxylic acids is 4.